The summed E-state index contributed by atoms with van der Waals surface area (Å²) in [4.78, 5) is 13.8. The zero-order chi connectivity index (χ0) is 14.0. The van der Waals surface area contributed by atoms with Gasteiger partial charge in [0.1, 0.15) is 24.4 Å². The molecule has 2 saturated heterocycles. The molecule has 9 nitrogen and oxygen atoms in total. The molecule has 1 unspecified atom stereocenters. The minimum absolute atomic E-state index is 0.00221. The van der Waals surface area contributed by atoms with Gasteiger partial charge in [-0.1, -0.05) is 11.8 Å². The maximum Gasteiger partial charge on any atom is 0.295 e. The Bertz CT molecular complexity index is 417. The van der Waals surface area contributed by atoms with Crippen LogP contribution >= 0.6 is 0 Å². The minimum atomic E-state index is -1.77. The highest BCUT2D eigenvalue weighted by molar-refractivity contribution is 5.18. The predicted octanol–water partition coefficient (Wildman–Crippen LogP) is -2.55. The monoisotopic (exact) mass is 275 g/mol. The summed E-state index contributed by atoms with van der Waals surface area (Å²) < 4.78 is 10.4. The van der Waals surface area contributed by atoms with E-state index >= 15 is 0 Å². The molecule has 0 aromatic rings. The smallest absolute Gasteiger partial charge is 0.295 e. The number of hydrogen-bond acceptors (Lipinski definition) is 8. The standard InChI is InChI=1S/C10H13NO8/c12-6-4-17-9-8(6)18-5-10(9,14)7(13)2-1-3-19-11(15)16/h6-9,12-14H,3-5H2/t6-,7?,8+,9-,10+/m0/s1. The molecule has 0 amide bonds. The van der Waals surface area contributed by atoms with Crippen LogP contribution in [0, 0.1) is 22.0 Å². The van der Waals surface area contributed by atoms with E-state index in [1.54, 1.807) is 0 Å². The Morgan fingerprint density at radius 3 is 3.00 bits per heavy atom. The highest BCUT2D eigenvalue weighted by atomic mass is 16.9. The van der Waals surface area contributed by atoms with Gasteiger partial charge in [-0.25, -0.2) is 0 Å². The Balaban J connectivity index is 1.98. The van der Waals surface area contributed by atoms with Crippen LogP contribution < -0.4 is 0 Å². The van der Waals surface area contributed by atoms with Gasteiger partial charge >= 0.3 is 0 Å². The van der Waals surface area contributed by atoms with Crippen molar-refractivity contribution >= 4 is 0 Å². The zero-order valence-electron chi connectivity index (χ0n) is 9.76. The first-order chi connectivity index (χ1) is 8.95. The van der Waals surface area contributed by atoms with E-state index in [2.05, 4.69) is 16.7 Å². The first kappa shape index (κ1) is 14.0. The topological polar surface area (TPSA) is 132 Å². The SMILES string of the molecule is O=[N+]([O-])OCC#CC(O)[C@]1(O)CO[C@@H]2[C@@H](O)CO[C@@H]21. The lowest BCUT2D eigenvalue weighted by Crippen LogP contribution is -2.52. The highest BCUT2D eigenvalue weighted by Crippen LogP contribution is 2.36. The van der Waals surface area contributed by atoms with Gasteiger partial charge in [-0.2, -0.15) is 0 Å². The number of aliphatic hydroxyl groups excluding tert-OH is 2. The molecular weight excluding hydrogens is 262 g/mol. The van der Waals surface area contributed by atoms with Gasteiger partial charge in [0.05, 0.1) is 13.2 Å². The molecule has 2 heterocycles. The van der Waals surface area contributed by atoms with Crippen LogP contribution in [0.25, 0.3) is 0 Å². The summed E-state index contributed by atoms with van der Waals surface area (Å²) in [5.41, 5.74) is -1.77. The fourth-order valence-electron chi connectivity index (χ4n) is 2.12. The molecular formula is C10H13NO8. The largest absolute Gasteiger partial charge is 0.388 e. The molecule has 2 aliphatic rings. The molecule has 3 N–H and O–H groups in total. The van der Waals surface area contributed by atoms with Crippen molar-refractivity contribution in [1.82, 2.24) is 0 Å². The lowest BCUT2D eigenvalue weighted by Gasteiger charge is -2.28. The second-order valence-electron chi connectivity index (χ2n) is 4.31. The van der Waals surface area contributed by atoms with Gasteiger partial charge < -0.3 is 29.6 Å². The van der Waals surface area contributed by atoms with E-state index in [9.17, 15) is 25.4 Å². The summed E-state index contributed by atoms with van der Waals surface area (Å²) in [6, 6.07) is 0. The Morgan fingerprint density at radius 2 is 2.32 bits per heavy atom. The van der Waals surface area contributed by atoms with Crippen molar-refractivity contribution in [3.8, 4) is 11.8 Å². The first-order valence-electron chi connectivity index (χ1n) is 5.52. The summed E-state index contributed by atoms with van der Waals surface area (Å²) >= 11 is 0. The third-order valence-electron chi connectivity index (χ3n) is 3.08. The Kier molecular flexibility index (Phi) is 3.88. The molecule has 19 heavy (non-hydrogen) atoms. The Hall–Kier alpha value is -1.44. The minimum Gasteiger partial charge on any atom is -0.388 e. The van der Waals surface area contributed by atoms with Gasteiger partial charge in [0.25, 0.3) is 5.09 Å². The fraction of sp³-hybridized carbons (Fsp3) is 0.800. The van der Waals surface area contributed by atoms with Crippen LogP contribution in [0.15, 0.2) is 0 Å². The van der Waals surface area contributed by atoms with Crippen molar-refractivity contribution < 1.29 is 34.7 Å². The lowest BCUT2D eigenvalue weighted by atomic mass is 9.90. The van der Waals surface area contributed by atoms with E-state index in [4.69, 9.17) is 9.47 Å². The summed E-state index contributed by atoms with van der Waals surface area (Å²) in [6.45, 7) is -0.758. The van der Waals surface area contributed by atoms with Crippen molar-refractivity contribution in [3.63, 3.8) is 0 Å². The molecule has 0 aliphatic carbocycles. The average molecular weight is 275 g/mol. The molecule has 5 atom stereocenters. The molecule has 2 fully saturated rings. The van der Waals surface area contributed by atoms with Crippen LogP contribution in [0.3, 0.4) is 0 Å². The number of ether oxygens (including phenoxy) is 2. The number of fused-ring (bicyclic) bond motifs is 1. The molecule has 0 saturated carbocycles. The van der Waals surface area contributed by atoms with Gasteiger partial charge in [0, 0.05) is 0 Å². The van der Waals surface area contributed by atoms with Gasteiger partial charge in [-0.05, 0) is 0 Å². The number of hydrogen-bond donors (Lipinski definition) is 3. The molecule has 2 aliphatic heterocycles. The van der Waals surface area contributed by atoms with Gasteiger partial charge in [-0.15, -0.1) is 10.1 Å². The maximum atomic E-state index is 10.3. The van der Waals surface area contributed by atoms with Gasteiger partial charge in [0.2, 0.25) is 0 Å². The van der Waals surface area contributed by atoms with Crippen molar-refractivity contribution in [2.45, 2.75) is 30.0 Å². The van der Waals surface area contributed by atoms with E-state index in [-0.39, 0.29) is 13.2 Å². The van der Waals surface area contributed by atoms with Crippen LogP contribution in [0.1, 0.15) is 0 Å². The quantitative estimate of drug-likeness (QED) is 0.291. The van der Waals surface area contributed by atoms with Crippen molar-refractivity contribution in [2.75, 3.05) is 19.8 Å². The molecule has 9 heteroatoms. The van der Waals surface area contributed by atoms with Crippen LogP contribution in [-0.2, 0) is 14.3 Å². The Morgan fingerprint density at radius 1 is 1.58 bits per heavy atom. The normalized spacial score (nSPS) is 38.2. The van der Waals surface area contributed by atoms with Gasteiger partial charge in [-0.3, -0.25) is 0 Å². The molecule has 0 bridgehead atoms. The van der Waals surface area contributed by atoms with Crippen LogP contribution in [0.2, 0.25) is 0 Å². The predicted molar refractivity (Wildman–Crippen MR) is 57.2 cm³/mol. The molecule has 0 aromatic heterocycles. The van der Waals surface area contributed by atoms with E-state index in [0.717, 1.165) is 0 Å². The summed E-state index contributed by atoms with van der Waals surface area (Å²) in [7, 11) is 0. The van der Waals surface area contributed by atoms with E-state index in [0.29, 0.717) is 0 Å². The lowest BCUT2D eigenvalue weighted by molar-refractivity contribution is -0.754. The summed E-state index contributed by atoms with van der Waals surface area (Å²) in [6.07, 6.45) is -3.99. The molecule has 0 radical (unpaired) electrons. The number of nitrogens with zero attached hydrogens (tertiary/aromatic N) is 1. The van der Waals surface area contributed by atoms with Crippen molar-refractivity contribution in [1.29, 1.82) is 0 Å². The van der Waals surface area contributed by atoms with Crippen molar-refractivity contribution in [3.05, 3.63) is 10.1 Å². The third-order valence-corrected chi connectivity index (χ3v) is 3.08. The summed E-state index contributed by atoms with van der Waals surface area (Å²) in [5.74, 6) is 4.44. The highest BCUT2D eigenvalue weighted by Gasteiger charge is 2.58. The van der Waals surface area contributed by atoms with E-state index in [1.165, 1.54) is 0 Å². The zero-order valence-corrected chi connectivity index (χ0v) is 9.76. The second-order valence-corrected chi connectivity index (χ2v) is 4.31. The molecule has 0 aromatic carbocycles. The van der Waals surface area contributed by atoms with Crippen LogP contribution in [0.5, 0.6) is 0 Å². The van der Waals surface area contributed by atoms with E-state index < -0.39 is 41.7 Å². The van der Waals surface area contributed by atoms with Crippen molar-refractivity contribution in [2.24, 2.45) is 0 Å². The average Bonchev–Trinajstić information content (AvgIpc) is 2.88. The third kappa shape index (κ3) is 2.63. The van der Waals surface area contributed by atoms with Gasteiger partial charge in [0.15, 0.2) is 12.2 Å². The summed E-state index contributed by atoms with van der Waals surface area (Å²) in [5, 5.41) is 38.5. The maximum absolute atomic E-state index is 10.3. The second kappa shape index (κ2) is 5.28. The number of aliphatic hydroxyl groups is 3. The van der Waals surface area contributed by atoms with Crippen LogP contribution in [0.4, 0.5) is 0 Å². The molecule has 2 rings (SSSR count). The first-order valence-corrected chi connectivity index (χ1v) is 5.52. The van der Waals surface area contributed by atoms with Crippen LogP contribution in [-0.4, -0.2) is 70.2 Å². The molecule has 106 valence electrons. The fourth-order valence-corrected chi connectivity index (χ4v) is 2.12. The van der Waals surface area contributed by atoms with E-state index in [1.807, 2.05) is 0 Å². The molecule has 0 spiro atoms. The Labute approximate surface area is 107 Å². The number of rotatable bonds is 3.